The first-order valence-electron chi connectivity index (χ1n) is 7.23. The van der Waals surface area contributed by atoms with Gasteiger partial charge in [0.1, 0.15) is 0 Å². The summed E-state index contributed by atoms with van der Waals surface area (Å²) in [6, 6.07) is 0. The second kappa shape index (κ2) is 6.86. The molecule has 0 unspecified atom stereocenters. The van der Waals surface area contributed by atoms with E-state index in [4.69, 9.17) is 9.97 Å². The van der Waals surface area contributed by atoms with Crippen LogP contribution in [-0.2, 0) is 12.8 Å². The van der Waals surface area contributed by atoms with Crippen LogP contribution in [0.5, 0.6) is 0 Å². The summed E-state index contributed by atoms with van der Waals surface area (Å²) in [4.78, 5) is 9.52. The highest BCUT2D eigenvalue weighted by atomic mass is 14.8. The van der Waals surface area contributed by atoms with Gasteiger partial charge in [-0.3, -0.25) is 9.97 Å². The molecular weight excluding hydrogens is 220 g/mol. The molecule has 0 aliphatic rings. The van der Waals surface area contributed by atoms with Crippen LogP contribution in [-0.4, -0.2) is 9.97 Å². The Hall–Kier alpha value is -0.920. The largest absolute Gasteiger partial charge is 0.254 e. The minimum Gasteiger partial charge on any atom is -0.254 e. The highest BCUT2D eigenvalue weighted by Gasteiger charge is 2.09. The third-order valence-electron chi connectivity index (χ3n) is 3.36. The Bertz CT molecular complexity index is 343. The van der Waals surface area contributed by atoms with E-state index in [-0.39, 0.29) is 0 Å². The number of aryl methyl sites for hydroxylation is 4. The highest BCUT2D eigenvalue weighted by Crippen LogP contribution is 2.15. The van der Waals surface area contributed by atoms with E-state index in [2.05, 4.69) is 41.5 Å². The van der Waals surface area contributed by atoms with Crippen molar-refractivity contribution < 1.29 is 0 Å². The monoisotopic (exact) mass is 248 g/mol. The van der Waals surface area contributed by atoms with Gasteiger partial charge in [-0.1, -0.05) is 27.7 Å². The molecule has 0 N–H and O–H groups in total. The fourth-order valence-corrected chi connectivity index (χ4v) is 2.02. The Morgan fingerprint density at radius 2 is 1.06 bits per heavy atom. The number of nitrogens with zero attached hydrogens (tertiary/aromatic N) is 2. The molecule has 0 fully saturated rings. The van der Waals surface area contributed by atoms with Crippen molar-refractivity contribution in [2.24, 2.45) is 11.8 Å². The Morgan fingerprint density at radius 1 is 0.722 bits per heavy atom. The lowest BCUT2D eigenvalue weighted by atomic mass is 10.0. The van der Waals surface area contributed by atoms with Gasteiger partial charge in [-0.15, -0.1) is 0 Å². The van der Waals surface area contributed by atoms with E-state index in [0.717, 1.165) is 36.1 Å². The van der Waals surface area contributed by atoms with Crippen molar-refractivity contribution in [1.29, 1.82) is 0 Å². The maximum absolute atomic E-state index is 4.76. The van der Waals surface area contributed by atoms with E-state index in [1.165, 1.54) is 24.2 Å². The van der Waals surface area contributed by atoms with Gasteiger partial charge in [-0.2, -0.15) is 0 Å². The average Bonchev–Trinajstić information content (AvgIpc) is 2.27. The van der Waals surface area contributed by atoms with Crippen LogP contribution in [0.25, 0.3) is 0 Å². The van der Waals surface area contributed by atoms with Crippen molar-refractivity contribution in [2.75, 3.05) is 0 Å². The molecule has 0 amide bonds. The Kier molecular flexibility index (Phi) is 5.77. The minimum atomic E-state index is 0.729. The zero-order valence-electron chi connectivity index (χ0n) is 12.9. The van der Waals surface area contributed by atoms with E-state index >= 15 is 0 Å². The van der Waals surface area contributed by atoms with Crippen LogP contribution in [0.2, 0.25) is 0 Å². The van der Waals surface area contributed by atoms with Crippen molar-refractivity contribution >= 4 is 0 Å². The third kappa shape index (κ3) is 4.75. The van der Waals surface area contributed by atoms with Crippen LogP contribution in [0, 0.1) is 25.7 Å². The Morgan fingerprint density at radius 3 is 1.33 bits per heavy atom. The smallest absolute Gasteiger partial charge is 0.0619 e. The average molecular weight is 248 g/mol. The summed E-state index contributed by atoms with van der Waals surface area (Å²) >= 11 is 0. The lowest BCUT2D eigenvalue weighted by Gasteiger charge is -2.12. The quantitative estimate of drug-likeness (QED) is 0.751. The number of hydrogen-bond donors (Lipinski definition) is 0. The van der Waals surface area contributed by atoms with Gasteiger partial charge >= 0.3 is 0 Å². The summed E-state index contributed by atoms with van der Waals surface area (Å²) in [6.45, 7) is 13.2. The van der Waals surface area contributed by atoms with E-state index in [1.54, 1.807) is 0 Å². The van der Waals surface area contributed by atoms with Crippen LogP contribution >= 0.6 is 0 Å². The molecular formula is C16H28N2. The molecule has 0 atom stereocenters. The predicted molar refractivity (Wildman–Crippen MR) is 77.8 cm³/mol. The van der Waals surface area contributed by atoms with Gasteiger partial charge in [0, 0.05) is 0 Å². The van der Waals surface area contributed by atoms with E-state index in [9.17, 15) is 0 Å². The molecule has 0 aliphatic heterocycles. The summed E-state index contributed by atoms with van der Waals surface area (Å²) in [7, 11) is 0. The zero-order valence-corrected chi connectivity index (χ0v) is 12.9. The van der Waals surface area contributed by atoms with Crippen LogP contribution < -0.4 is 0 Å². The van der Waals surface area contributed by atoms with Crippen molar-refractivity contribution in [2.45, 2.75) is 67.2 Å². The van der Waals surface area contributed by atoms with E-state index < -0.39 is 0 Å². The fraction of sp³-hybridized carbons (Fsp3) is 0.750. The fourth-order valence-electron chi connectivity index (χ4n) is 2.02. The van der Waals surface area contributed by atoms with Crippen LogP contribution in [0.1, 0.15) is 63.3 Å². The normalized spacial score (nSPS) is 11.6. The lowest BCUT2D eigenvalue weighted by Crippen LogP contribution is -2.07. The molecule has 0 saturated carbocycles. The van der Waals surface area contributed by atoms with Crippen molar-refractivity contribution in [3.63, 3.8) is 0 Å². The van der Waals surface area contributed by atoms with Gasteiger partial charge in [0.15, 0.2) is 0 Å². The van der Waals surface area contributed by atoms with Crippen LogP contribution in [0.3, 0.4) is 0 Å². The minimum absolute atomic E-state index is 0.729. The first kappa shape index (κ1) is 15.1. The Labute approximate surface area is 112 Å². The Balaban J connectivity index is 2.76. The molecule has 0 spiro atoms. The van der Waals surface area contributed by atoms with Crippen LogP contribution in [0.4, 0.5) is 0 Å². The van der Waals surface area contributed by atoms with Gasteiger partial charge in [-0.05, 0) is 51.4 Å². The van der Waals surface area contributed by atoms with Crippen molar-refractivity contribution in [3.8, 4) is 0 Å². The predicted octanol–water partition coefficient (Wildman–Crippen LogP) is 4.27. The van der Waals surface area contributed by atoms with Gasteiger partial charge < -0.3 is 0 Å². The maximum Gasteiger partial charge on any atom is 0.0619 e. The SMILES string of the molecule is Cc1nc(CCC(C)C)c(C)nc1CCC(C)C. The zero-order chi connectivity index (χ0) is 13.7. The summed E-state index contributed by atoms with van der Waals surface area (Å²) in [6.07, 6.45) is 4.50. The molecule has 0 aliphatic carbocycles. The number of aromatic nitrogens is 2. The second-order valence-corrected chi connectivity index (χ2v) is 6.15. The summed E-state index contributed by atoms with van der Waals surface area (Å²) in [5.41, 5.74) is 4.63. The molecule has 1 aromatic heterocycles. The van der Waals surface area contributed by atoms with Gasteiger partial charge in [-0.25, -0.2) is 0 Å². The van der Waals surface area contributed by atoms with Crippen LogP contribution in [0.15, 0.2) is 0 Å². The number of rotatable bonds is 6. The molecule has 18 heavy (non-hydrogen) atoms. The van der Waals surface area contributed by atoms with Gasteiger partial charge in [0.05, 0.1) is 22.8 Å². The molecule has 0 bridgehead atoms. The third-order valence-corrected chi connectivity index (χ3v) is 3.36. The molecule has 102 valence electrons. The molecule has 1 heterocycles. The molecule has 1 rings (SSSR count). The first-order chi connectivity index (χ1) is 8.40. The molecule has 2 heteroatoms. The maximum atomic E-state index is 4.76. The summed E-state index contributed by atoms with van der Waals surface area (Å²) in [5, 5.41) is 0. The molecule has 0 aromatic carbocycles. The molecule has 0 radical (unpaired) electrons. The van der Waals surface area contributed by atoms with Gasteiger partial charge in [0.2, 0.25) is 0 Å². The highest BCUT2D eigenvalue weighted by molar-refractivity contribution is 5.19. The van der Waals surface area contributed by atoms with Crippen molar-refractivity contribution in [3.05, 3.63) is 22.8 Å². The molecule has 1 aromatic rings. The summed E-state index contributed by atoms with van der Waals surface area (Å²) < 4.78 is 0. The second-order valence-electron chi connectivity index (χ2n) is 6.15. The van der Waals surface area contributed by atoms with Gasteiger partial charge in [0.25, 0.3) is 0 Å². The first-order valence-corrected chi connectivity index (χ1v) is 7.23. The van der Waals surface area contributed by atoms with E-state index in [1.807, 2.05) is 0 Å². The van der Waals surface area contributed by atoms with E-state index in [0.29, 0.717) is 0 Å². The molecule has 0 saturated heterocycles. The summed E-state index contributed by atoms with van der Waals surface area (Å²) in [5.74, 6) is 1.46. The number of hydrogen-bond acceptors (Lipinski definition) is 2. The standard InChI is InChI=1S/C16H28N2/c1-11(2)7-9-15-13(5)18-16(14(6)17-15)10-8-12(3)4/h11-12H,7-10H2,1-6H3. The van der Waals surface area contributed by atoms with Crippen molar-refractivity contribution in [1.82, 2.24) is 9.97 Å². The lowest BCUT2D eigenvalue weighted by molar-refractivity contribution is 0.568. The topological polar surface area (TPSA) is 25.8 Å². The molecule has 2 nitrogen and oxygen atoms in total.